The molecule has 0 saturated carbocycles. The van der Waals surface area contributed by atoms with E-state index in [1.807, 2.05) is 23.5 Å². The molecule has 0 radical (unpaired) electrons. The molecule has 1 N–H and O–H groups in total. The van der Waals surface area contributed by atoms with Crippen LogP contribution in [-0.2, 0) is 12.0 Å². The van der Waals surface area contributed by atoms with Crippen molar-refractivity contribution in [1.29, 1.82) is 0 Å². The van der Waals surface area contributed by atoms with Crippen LogP contribution in [0.3, 0.4) is 0 Å². The van der Waals surface area contributed by atoms with Crippen molar-refractivity contribution in [3.8, 4) is 0 Å². The van der Waals surface area contributed by atoms with Crippen LogP contribution in [0.1, 0.15) is 49.1 Å². The van der Waals surface area contributed by atoms with Crippen molar-refractivity contribution in [2.75, 3.05) is 0 Å². The second-order valence-corrected chi connectivity index (χ2v) is 7.34. The molecule has 0 spiro atoms. The Bertz CT molecular complexity index is 551. The van der Waals surface area contributed by atoms with Gasteiger partial charge in [0, 0.05) is 22.3 Å². The Morgan fingerprint density at radius 3 is 2.30 bits per heavy atom. The summed E-state index contributed by atoms with van der Waals surface area (Å²) in [6.45, 7) is 9.65. The second-order valence-electron chi connectivity index (χ2n) is 6.17. The van der Waals surface area contributed by atoms with Gasteiger partial charge in [0.15, 0.2) is 0 Å². The van der Waals surface area contributed by atoms with Crippen molar-refractivity contribution in [2.45, 2.75) is 45.7 Å². The Hall–Kier alpha value is -1.19. The average molecular weight is 291 g/mol. The summed E-state index contributed by atoms with van der Waals surface area (Å²) in [6, 6.07) is 11.3. The van der Waals surface area contributed by atoms with Gasteiger partial charge in [-0.1, -0.05) is 32.9 Å². The normalized spacial score (nSPS) is 13.4. The number of benzene rings is 1. The summed E-state index contributed by atoms with van der Waals surface area (Å²) in [5, 5.41) is 3.49. The third-order valence-corrected chi connectivity index (χ3v) is 4.86. The fraction of sp³-hybridized carbons (Fsp3) is 0.412. The van der Waals surface area contributed by atoms with E-state index in [0.717, 1.165) is 12.1 Å². The van der Waals surface area contributed by atoms with E-state index in [0.29, 0.717) is 0 Å². The largest absolute Gasteiger partial charge is 0.305 e. The number of halogens is 1. The summed E-state index contributed by atoms with van der Waals surface area (Å²) in [5.41, 5.74) is 1.32. The van der Waals surface area contributed by atoms with Crippen molar-refractivity contribution < 1.29 is 4.39 Å². The number of hydrogen-bond acceptors (Lipinski definition) is 2. The summed E-state index contributed by atoms with van der Waals surface area (Å²) < 4.78 is 12.9. The van der Waals surface area contributed by atoms with E-state index in [1.54, 1.807) is 0 Å². The van der Waals surface area contributed by atoms with Gasteiger partial charge in [-0.2, -0.15) is 0 Å². The smallest absolute Gasteiger partial charge is 0.123 e. The molecular weight excluding hydrogens is 269 g/mol. The van der Waals surface area contributed by atoms with Gasteiger partial charge in [0.2, 0.25) is 0 Å². The van der Waals surface area contributed by atoms with Crippen LogP contribution in [0.4, 0.5) is 4.39 Å². The molecule has 0 aliphatic carbocycles. The van der Waals surface area contributed by atoms with E-state index in [9.17, 15) is 4.39 Å². The van der Waals surface area contributed by atoms with Crippen molar-refractivity contribution in [2.24, 2.45) is 0 Å². The fourth-order valence-corrected chi connectivity index (χ4v) is 3.02. The molecule has 1 atom stereocenters. The lowest BCUT2D eigenvalue weighted by Gasteiger charge is -2.16. The van der Waals surface area contributed by atoms with E-state index in [4.69, 9.17) is 0 Å². The van der Waals surface area contributed by atoms with Gasteiger partial charge < -0.3 is 5.32 Å². The number of hydrogen-bond donors (Lipinski definition) is 1. The molecule has 1 nitrogen and oxygen atoms in total. The SMILES string of the molecule is CC(NCc1ccc(C(C)(C)C)s1)c1ccc(F)cc1. The molecule has 1 aromatic heterocycles. The van der Waals surface area contributed by atoms with Crippen LogP contribution in [0.5, 0.6) is 0 Å². The minimum Gasteiger partial charge on any atom is -0.305 e. The van der Waals surface area contributed by atoms with Gasteiger partial charge in [0.1, 0.15) is 5.82 Å². The van der Waals surface area contributed by atoms with Crippen molar-refractivity contribution >= 4 is 11.3 Å². The highest BCUT2D eigenvalue weighted by atomic mass is 32.1. The molecule has 108 valence electrons. The summed E-state index contributed by atoms with van der Waals surface area (Å²) in [5.74, 6) is -0.186. The van der Waals surface area contributed by atoms with E-state index in [-0.39, 0.29) is 17.3 Å². The molecular formula is C17H22FNS. The van der Waals surface area contributed by atoms with Gasteiger partial charge in [-0.15, -0.1) is 11.3 Å². The standard InChI is InChI=1S/C17H22FNS/c1-12(13-5-7-14(18)8-6-13)19-11-15-9-10-16(20-15)17(2,3)4/h5-10,12,19H,11H2,1-4H3. The maximum atomic E-state index is 12.9. The highest BCUT2D eigenvalue weighted by Crippen LogP contribution is 2.29. The fourth-order valence-electron chi connectivity index (χ4n) is 2.00. The first kappa shape index (κ1) is 15.2. The molecule has 1 aromatic carbocycles. The third-order valence-electron chi connectivity index (χ3n) is 3.35. The van der Waals surface area contributed by atoms with Crippen LogP contribution in [-0.4, -0.2) is 0 Å². The van der Waals surface area contributed by atoms with Crippen molar-refractivity contribution in [1.82, 2.24) is 5.32 Å². The Labute approximate surface area is 124 Å². The molecule has 20 heavy (non-hydrogen) atoms. The van der Waals surface area contributed by atoms with Gasteiger partial charge >= 0.3 is 0 Å². The topological polar surface area (TPSA) is 12.0 Å². The summed E-state index contributed by atoms with van der Waals surface area (Å²) in [6.07, 6.45) is 0. The number of nitrogens with one attached hydrogen (secondary N) is 1. The summed E-state index contributed by atoms with van der Waals surface area (Å²) in [7, 11) is 0. The number of thiophene rings is 1. The zero-order valence-corrected chi connectivity index (χ0v) is 13.4. The van der Waals surface area contributed by atoms with E-state index in [1.165, 1.54) is 21.9 Å². The molecule has 1 heterocycles. The zero-order chi connectivity index (χ0) is 14.8. The lowest BCUT2D eigenvalue weighted by molar-refractivity contribution is 0.575. The first-order valence-electron chi connectivity index (χ1n) is 6.94. The Morgan fingerprint density at radius 1 is 1.10 bits per heavy atom. The maximum Gasteiger partial charge on any atom is 0.123 e. The first-order valence-corrected chi connectivity index (χ1v) is 7.76. The molecule has 1 unspecified atom stereocenters. The summed E-state index contributed by atoms with van der Waals surface area (Å²) >= 11 is 1.86. The Morgan fingerprint density at radius 2 is 1.75 bits per heavy atom. The third kappa shape index (κ3) is 3.90. The molecule has 0 fully saturated rings. The predicted octanol–water partition coefficient (Wildman–Crippen LogP) is 5.04. The highest BCUT2D eigenvalue weighted by Gasteiger charge is 2.16. The Kier molecular flexibility index (Phi) is 4.61. The molecule has 0 amide bonds. The van der Waals surface area contributed by atoms with Crippen LogP contribution in [0, 0.1) is 5.82 Å². The molecule has 0 aliphatic heterocycles. The lowest BCUT2D eigenvalue weighted by atomic mass is 9.95. The molecule has 0 saturated heterocycles. The van der Waals surface area contributed by atoms with Gasteiger partial charge in [-0.25, -0.2) is 4.39 Å². The average Bonchev–Trinajstić information content (AvgIpc) is 2.85. The Balaban J connectivity index is 1.95. The van der Waals surface area contributed by atoms with Crippen LogP contribution < -0.4 is 5.32 Å². The van der Waals surface area contributed by atoms with Gasteiger partial charge in [0.25, 0.3) is 0 Å². The first-order chi connectivity index (χ1) is 9.36. The zero-order valence-electron chi connectivity index (χ0n) is 12.5. The minimum atomic E-state index is -0.186. The van der Waals surface area contributed by atoms with E-state index < -0.39 is 0 Å². The molecule has 0 bridgehead atoms. The predicted molar refractivity (Wildman–Crippen MR) is 84.7 cm³/mol. The van der Waals surface area contributed by atoms with Crippen LogP contribution in [0.25, 0.3) is 0 Å². The highest BCUT2D eigenvalue weighted by molar-refractivity contribution is 7.12. The van der Waals surface area contributed by atoms with Crippen molar-refractivity contribution in [3.63, 3.8) is 0 Å². The van der Waals surface area contributed by atoms with E-state index >= 15 is 0 Å². The second kappa shape index (κ2) is 6.06. The minimum absolute atomic E-state index is 0.186. The summed E-state index contributed by atoms with van der Waals surface area (Å²) in [4.78, 5) is 2.74. The van der Waals surface area contributed by atoms with Gasteiger partial charge in [-0.3, -0.25) is 0 Å². The molecule has 2 rings (SSSR count). The lowest BCUT2D eigenvalue weighted by Crippen LogP contribution is -2.17. The maximum absolute atomic E-state index is 12.9. The van der Waals surface area contributed by atoms with E-state index in [2.05, 4.69) is 45.1 Å². The van der Waals surface area contributed by atoms with Crippen molar-refractivity contribution in [3.05, 3.63) is 57.5 Å². The van der Waals surface area contributed by atoms with Gasteiger partial charge in [0.05, 0.1) is 0 Å². The molecule has 0 aliphatic rings. The number of rotatable bonds is 4. The quantitative estimate of drug-likeness (QED) is 0.832. The van der Waals surface area contributed by atoms with Crippen LogP contribution in [0.2, 0.25) is 0 Å². The van der Waals surface area contributed by atoms with Gasteiger partial charge in [-0.05, 0) is 42.2 Å². The van der Waals surface area contributed by atoms with Crippen LogP contribution in [0.15, 0.2) is 36.4 Å². The molecule has 3 heteroatoms. The monoisotopic (exact) mass is 291 g/mol. The molecule has 2 aromatic rings. The van der Waals surface area contributed by atoms with Crippen LogP contribution >= 0.6 is 11.3 Å².